The van der Waals surface area contributed by atoms with E-state index in [1.54, 1.807) is 23.8 Å². The summed E-state index contributed by atoms with van der Waals surface area (Å²) in [6, 6.07) is 8.04. The zero-order chi connectivity index (χ0) is 34.8. The molecule has 2 heterocycles. The van der Waals surface area contributed by atoms with Crippen molar-refractivity contribution in [3.8, 4) is 0 Å². The molecule has 262 valence electrons. The van der Waals surface area contributed by atoms with Crippen molar-refractivity contribution >= 4 is 23.7 Å². The molecule has 0 radical (unpaired) electrons. The topological polar surface area (TPSA) is 99.3 Å². The van der Waals surface area contributed by atoms with E-state index in [9.17, 15) is 19.2 Å². The molecule has 0 unspecified atom stereocenters. The molecule has 3 rings (SSSR count). The molecule has 5 atom stereocenters. The molecule has 2 aliphatic heterocycles. The number of benzene rings is 1. The number of nitrogens with one attached hydrogen (secondary N) is 1. The maximum absolute atomic E-state index is 14.0. The van der Waals surface area contributed by atoms with Gasteiger partial charge in [0, 0.05) is 25.2 Å². The Labute approximate surface area is 283 Å². The Bertz CT molecular complexity index is 1230. The number of hydrogen-bond acceptors (Lipinski definition) is 6. The number of amides is 3. The summed E-state index contributed by atoms with van der Waals surface area (Å²) in [7, 11) is 1.75. The molecule has 0 bridgehead atoms. The van der Waals surface area contributed by atoms with E-state index in [4.69, 9.17) is 4.74 Å². The molecule has 3 amide bonds. The van der Waals surface area contributed by atoms with E-state index in [0.29, 0.717) is 25.0 Å². The van der Waals surface area contributed by atoms with E-state index in [0.717, 1.165) is 44.2 Å². The maximum atomic E-state index is 14.0. The molecule has 0 saturated carbocycles. The zero-order valence-electron chi connectivity index (χ0n) is 30.3. The summed E-state index contributed by atoms with van der Waals surface area (Å²) in [5.74, 6) is -0.979. The molecule has 9 heteroatoms. The highest BCUT2D eigenvalue weighted by Crippen LogP contribution is 2.28. The number of carbonyl (C=O) groups excluding carboxylic acids is 4. The SMILES string of the molecule is CCC[C@@H](OC(=O)[C@@H]1CCCN1C(=O)C(C)=C[C@H](C(C)C)N(C)C(=O)[C@@H](NC(=O)[C@H]1CCCCN1C(C)C)C(C)C)c1ccccc1. The fraction of sp³-hybridized carbons (Fsp3) is 0.684. The van der Waals surface area contributed by atoms with Gasteiger partial charge in [-0.25, -0.2) is 4.79 Å². The third-order valence-electron chi connectivity index (χ3n) is 9.74. The molecule has 1 N–H and O–H groups in total. The molecule has 2 saturated heterocycles. The Morgan fingerprint density at radius 3 is 2.19 bits per heavy atom. The maximum Gasteiger partial charge on any atom is 0.329 e. The van der Waals surface area contributed by atoms with Crippen molar-refractivity contribution in [1.82, 2.24) is 20.0 Å². The van der Waals surface area contributed by atoms with Crippen LogP contribution >= 0.6 is 0 Å². The number of hydrogen-bond donors (Lipinski definition) is 1. The number of likely N-dealkylation sites (N-methyl/N-ethyl adjacent to an activating group) is 1. The molecule has 1 aromatic rings. The number of esters is 1. The van der Waals surface area contributed by atoms with Gasteiger partial charge in [0.2, 0.25) is 17.7 Å². The van der Waals surface area contributed by atoms with Gasteiger partial charge in [-0.05, 0) is 76.8 Å². The van der Waals surface area contributed by atoms with E-state index in [-0.39, 0.29) is 59.8 Å². The van der Waals surface area contributed by atoms with Crippen LogP contribution in [0.3, 0.4) is 0 Å². The minimum Gasteiger partial charge on any atom is -0.456 e. The molecule has 2 fully saturated rings. The fourth-order valence-corrected chi connectivity index (χ4v) is 6.99. The summed E-state index contributed by atoms with van der Waals surface area (Å²) < 4.78 is 6.01. The lowest BCUT2D eigenvalue weighted by Gasteiger charge is -2.39. The third-order valence-corrected chi connectivity index (χ3v) is 9.74. The zero-order valence-corrected chi connectivity index (χ0v) is 30.3. The molecule has 2 aliphatic rings. The van der Waals surface area contributed by atoms with E-state index in [1.807, 2.05) is 64.1 Å². The Hall–Kier alpha value is -3.20. The molecule has 47 heavy (non-hydrogen) atoms. The lowest BCUT2D eigenvalue weighted by Crippen LogP contribution is -2.58. The monoisotopic (exact) mass is 652 g/mol. The molecule has 0 aromatic heterocycles. The van der Waals surface area contributed by atoms with Gasteiger partial charge in [0.1, 0.15) is 18.2 Å². The average molecular weight is 653 g/mol. The summed E-state index contributed by atoms with van der Waals surface area (Å²) in [5.41, 5.74) is 1.44. The minimum absolute atomic E-state index is 0.00463. The number of carbonyl (C=O) groups is 4. The van der Waals surface area contributed by atoms with Crippen molar-refractivity contribution in [1.29, 1.82) is 0 Å². The lowest BCUT2D eigenvalue weighted by molar-refractivity contribution is -0.158. The second-order valence-electron chi connectivity index (χ2n) is 14.4. The lowest BCUT2D eigenvalue weighted by atomic mass is 9.95. The Morgan fingerprint density at radius 1 is 0.936 bits per heavy atom. The van der Waals surface area contributed by atoms with Gasteiger partial charge < -0.3 is 19.9 Å². The van der Waals surface area contributed by atoms with Gasteiger partial charge >= 0.3 is 5.97 Å². The van der Waals surface area contributed by atoms with E-state index in [2.05, 4.69) is 31.0 Å². The summed E-state index contributed by atoms with van der Waals surface area (Å²) in [5, 5.41) is 3.10. The standard InChI is InChI=1S/C38H60N4O5/c1-10-17-33(29-18-12-11-13-19-29)47-38(46)31-21-16-23-42(31)36(44)28(8)24-32(25(2)3)40(9)37(45)34(26(4)5)39-35(43)30-20-14-15-22-41(30)27(6)7/h11-13,18-19,24-27,30-34H,10,14-17,20-23H2,1-9H3,(H,39,43)/t30-,31+,32-,33-,34+/m1/s1. The van der Waals surface area contributed by atoms with Gasteiger partial charge in [0.15, 0.2) is 0 Å². The molecule has 0 aliphatic carbocycles. The van der Waals surface area contributed by atoms with Crippen LogP contribution in [0.4, 0.5) is 0 Å². The van der Waals surface area contributed by atoms with Crippen molar-refractivity contribution < 1.29 is 23.9 Å². The van der Waals surface area contributed by atoms with Crippen molar-refractivity contribution in [2.75, 3.05) is 20.1 Å². The van der Waals surface area contributed by atoms with E-state index < -0.39 is 12.1 Å². The van der Waals surface area contributed by atoms with Crippen LogP contribution in [0.1, 0.15) is 112 Å². The second-order valence-corrected chi connectivity index (χ2v) is 14.4. The third kappa shape index (κ3) is 9.91. The Balaban J connectivity index is 1.74. The fourth-order valence-electron chi connectivity index (χ4n) is 6.99. The van der Waals surface area contributed by atoms with Gasteiger partial charge in [-0.2, -0.15) is 0 Å². The van der Waals surface area contributed by atoms with Gasteiger partial charge in [-0.3, -0.25) is 19.3 Å². The van der Waals surface area contributed by atoms with Crippen LogP contribution < -0.4 is 5.32 Å². The second kappa shape index (κ2) is 17.8. The van der Waals surface area contributed by atoms with Crippen LogP contribution in [0.25, 0.3) is 0 Å². The molecule has 1 aromatic carbocycles. The van der Waals surface area contributed by atoms with E-state index in [1.165, 1.54) is 0 Å². The molecule has 9 nitrogen and oxygen atoms in total. The van der Waals surface area contributed by atoms with E-state index >= 15 is 0 Å². The highest BCUT2D eigenvalue weighted by Gasteiger charge is 2.39. The highest BCUT2D eigenvalue weighted by molar-refractivity contribution is 5.96. The number of rotatable bonds is 14. The van der Waals surface area contributed by atoms with Crippen LogP contribution in [0, 0.1) is 11.8 Å². The summed E-state index contributed by atoms with van der Waals surface area (Å²) in [6.45, 7) is 17.3. The van der Waals surface area contributed by atoms with Gasteiger partial charge in [0.25, 0.3) is 0 Å². The minimum atomic E-state index is -0.687. The predicted molar refractivity (Wildman–Crippen MR) is 186 cm³/mol. The largest absolute Gasteiger partial charge is 0.456 e. The first kappa shape index (κ1) is 38.2. The number of nitrogens with zero attached hydrogens (tertiary/aromatic N) is 3. The Morgan fingerprint density at radius 2 is 1.60 bits per heavy atom. The van der Waals surface area contributed by atoms with Crippen LogP contribution in [0.5, 0.6) is 0 Å². The number of likely N-dealkylation sites (tertiary alicyclic amines) is 2. The smallest absolute Gasteiger partial charge is 0.329 e. The summed E-state index contributed by atoms with van der Waals surface area (Å²) >= 11 is 0. The Kier molecular flexibility index (Phi) is 14.5. The highest BCUT2D eigenvalue weighted by atomic mass is 16.5. The summed E-state index contributed by atoms with van der Waals surface area (Å²) in [6.07, 6.45) is 7.20. The first-order valence-electron chi connectivity index (χ1n) is 17.9. The van der Waals surface area contributed by atoms with Crippen molar-refractivity contribution in [2.45, 2.75) is 137 Å². The van der Waals surface area contributed by atoms with Crippen molar-refractivity contribution in [3.05, 3.63) is 47.5 Å². The van der Waals surface area contributed by atoms with Crippen molar-refractivity contribution in [3.63, 3.8) is 0 Å². The van der Waals surface area contributed by atoms with Gasteiger partial charge in [-0.15, -0.1) is 0 Å². The van der Waals surface area contributed by atoms with Crippen molar-refractivity contribution in [2.24, 2.45) is 11.8 Å². The van der Waals surface area contributed by atoms with Crippen LogP contribution in [0.2, 0.25) is 0 Å². The molecular weight excluding hydrogens is 592 g/mol. The van der Waals surface area contributed by atoms with Crippen LogP contribution in [-0.4, -0.2) is 88.7 Å². The number of piperidine rings is 1. The first-order valence-corrected chi connectivity index (χ1v) is 17.9. The molecular formula is C38H60N4O5. The quantitative estimate of drug-likeness (QED) is 0.199. The summed E-state index contributed by atoms with van der Waals surface area (Å²) in [4.78, 5) is 60.3. The van der Waals surface area contributed by atoms with Gasteiger partial charge in [-0.1, -0.05) is 83.9 Å². The first-order chi connectivity index (χ1) is 22.3. The average Bonchev–Trinajstić information content (AvgIpc) is 3.55. The van der Waals surface area contributed by atoms with Crippen LogP contribution in [0.15, 0.2) is 42.0 Å². The number of ether oxygens (including phenoxy) is 1. The predicted octanol–water partition coefficient (Wildman–Crippen LogP) is 5.90. The molecule has 0 spiro atoms. The van der Waals surface area contributed by atoms with Crippen LogP contribution in [-0.2, 0) is 23.9 Å². The van der Waals surface area contributed by atoms with Gasteiger partial charge in [0.05, 0.1) is 12.1 Å². The normalized spacial score (nSPS) is 21.1.